The van der Waals surface area contributed by atoms with Gasteiger partial charge in [0.2, 0.25) is 0 Å². The highest BCUT2D eigenvalue weighted by atomic mass is 19.3. The van der Waals surface area contributed by atoms with E-state index in [2.05, 4.69) is 10.6 Å². The highest BCUT2D eigenvalue weighted by Gasteiger charge is 2.24. The summed E-state index contributed by atoms with van der Waals surface area (Å²) in [7, 11) is 0. The third-order valence-electron chi connectivity index (χ3n) is 3.01. The summed E-state index contributed by atoms with van der Waals surface area (Å²) in [5.74, 6) is 0. The van der Waals surface area contributed by atoms with E-state index >= 15 is 0 Å². The van der Waals surface area contributed by atoms with Gasteiger partial charge in [-0.05, 0) is 46.5 Å². The Morgan fingerprint density at radius 2 is 1.79 bits per heavy atom. The monoisotopic (exact) mass is 282 g/mol. The molecule has 4 nitrogen and oxygen atoms in total. The zero-order valence-corrected chi connectivity index (χ0v) is 11.8. The summed E-state index contributed by atoms with van der Waals surface area (Å²) in [4.78, 5) is 11.6. The Morgan fingerprint density at radius 1 is 1.26 bits per heavy atom. The Morgan fingerprint density at radius 3 is 2.26 bits per heavy atom. The maximum Gasteiger partial charge on any atom is 0.407 e. The van der Waals surface area contributed by atoms with Gasteiger partial charge in [-0.15, -0.1) is 0 Å². The van der Waals surface area contributed by atoms with E-state index in [0.717, 1.165) is 25.7 Å². The topological polar surface area (TPSA) is 50.4 Å². The molecule has 116 valence electrons. The number of alkyl halides is 2. The summed E-state index contributed by atoms with van der Waals surface area (Å²) >= 11 is 0. The van der Waals surface area contributed by atoms with E-state index < -0.39 is 18.1 Å². The molecular formula is C13H28F2N2O2. The van der Waals surface area contributed by atoms with Crippen molar-refractivity contribution in [3.63, 3.8) is 0 Å². The number of alkyl carbamates (subject to hydrolysis) is 1. The lowest BCUT2D eigenvalue weighted by molar-refractivity contribution is 0.0489. The van der Waals surface area contributed by atoms with Crippen molar-refractivity contribution in [2.45, 2.75) is 70.6 Å². The Bertz CT molecular complexity index is 294. The lowest BCUT2D eigenvalue weighted by Gasteiger charge is -2.30. The van der Waals surface area contributed by atoms with Crippen molar-refractivity contribution in [2.75, 3.05) is 6.54 Å². The number of rotatable bonds is 4. The third kappa shape index (κ3) is 7.30. The van der Waals surface area contributed by atoms with Gasteiger partial charge >= 0.3 is 6.09 Å². The van der Waals surface area contributed by atoms with Gasteiger partial charge < -0.3 is 15.4 Å². The van der Waals surface area contributed by atoms with Crippen molar-refractivity contribution in [1.82, 2.24) is 10.6 Å². The molecule has 0 aromatic heterocycles. The molecule has 1 fully saturated rings. The molecule has 2 N–H and O–H groups in total. The molecule has 0 aromatic carbocycles. The normalized spacial score (nSPS) is 24.3. The van der Waals surface area contributed by atoms with E-state index in [0.29, 0.717) is 0 Å². The Labute approximate surface area is 116 Å². The van der Waals surface area contributed by atoms with Gasteiger partial charge in [0.05, 0.1) is 6.54 Å². The van der Waals surface area contributed by atoms with Crippen LogP contribution in [0.1, 0.15) is 49.3 Å². The summed E-state index contributed by atoms with van der Waals surface area (Å²) in [5, 5.41) is 5.66. The average Bonchev–Trinajstić information content (AvgIpc) is 2.25. The van der Waals surface area contributed by atoms with Crippen LogP contribution in [0.3, 0.4) is 0 Å². The predicted molar refractivity (Wildman–Crippen MR) is 73.6 cm³/mol. The maximum atomic E-state index is 12.1. The number of nitrogens with one attached hydrogen (secondary N) is 2. The molecule has 19 heavy (non-hydrogen) atoms. The van der Waals surface area contributed by atoms with E-state index in [9.17, 15) is 13.6 Å². The zero-order chi connectivity index (χ0) is 14.5. The highest BCUT2D eigenvalue weighted by molar-refractivity contribution is 5.68. The number of ether oxygens (including phenoxy) is 1. The number of amides is 1. The SMILES string of the molecule is CC(C)(C)OC(=O)NC1CCC(NCC(F)F)CC1.[HH].[HH]. The minimum Gasteiger partial charge on any atom is -0.444 e. The molecule has 1 rings (SSSR count). The van der Waals surface area contributed by atoms with Crippen LogP contribution in [-0.4, -0.2) is 36.7 Å². The fourth-order valence-corrected chi connectivity index (χ4v) is 2.17. The lowest BCUT2D eigenvalue weighted by Crippen LogP contribution is -2.44. The van der Waals surface area contributed by atoms with Gasteiger partial charge in [-0.2, -0.15) is 0 Å². The molecule has 6 heteroatoms. The summed E-state index contributed by atoms with van der Waals surface area (Å²) in [6, 6.07) is 0.213. The van der Waals surface area contributed by atoms with Crippen LogP contribution in [0.15, 0.2) is 0 Å². The molecule has 0 unspecified atom stereocenters. The van der Waals surface area contributed by atoms with Crippen LogP contribution in [0.5, 0.6) is 0 Å². The smallest absolute Gasteiger partial charge is 0.407 e. The lowest BCUT2D eigenvalue weighted by atomic mass is 9.91. The molecule has 0 saturated heterocycles. The maximum absolute atomic E-state index is 12.1. The summed E-state index contributed by atoms with van der Waals surface area (Å²) in [6.07, 6.45) is 0.467. The molecule has 0 aromatic rings. The van der Waals surface area contributed by atoms with E-state index in [-0.39, 0.29) is 21.5 Å². The fourth-order valence-electron chi connectivity index (χ4n) is 2.17. The molecular weight excluding hydrogens is 254 g/mol. The molecule has 1 aliphatic carbocycles. The standard InChI is InChI=1S/C13H24F2N2O2.2H2/c1-13(2,3)19-12(18)17-10-6-4-9(5-7-10)16-8-11(14)15;;/h9-11,16H,4-8H2,1-3H3,(H,17,18);2*1H. The van der Waals surface area contributed by atoms with Gasteiger partial charge in [0.1, 0.15) is 5.60 Å². The van der Waals surface area contributed by atoms with Crippen LogP contribution in [0.2, 0.25) is 0 Å². The fraction of sp³-hybridized carbons (Fsp3) is 0.923. The summed E-state index contributed by atoms with van der Waals surface area (Å²) in [6.45, 7) is 5.20. The van der Waals surface area contributed by atoms with E-state index in [1.807, 2.05) is 20.8 Å². The van der Waals surface area contributed by atoms with Crippen molar-refractivity contribution in [3.8, 4) is 0 Å². The molecule has 0 heterocycles. The average molecular weight is 282 g/mol. The van der Waals surface area contributed by atoms with Crippen LogP contribution in [0.4, 0.5) is 13.6 Å². The van der Waals surface area contributed by atoms with Crippen molar-refractivity contribution in [2.24, 2.45) is 0 Å². The first-order valence-electron chi connectivity index (χ1n) is 6.77. The second kappa shape index (κ2) is 7.03. The van der Waals surface area contributed by atoms with Crippen molar-refractivity contribution < 1.29 is 21.2 Å². The minimum absolute atomic E-state index is 0. The minimum atomic E-state index is -2.31. The van der Waals surface area contributed by atoms with Crippen LogP contribution in [0.25, 0.3) is 0 Å². The van der Waals surface area contributed by atoms with Gasteiger partial charge in [-0.25, -0.2) is 13.6 Å². The van der Waals surface area contributed by atoms with E-state index in [1.54, 1.807) is 0 Å². The van der Waals surface area contributed by atoms with Crippen LogP contribution in [-0.2, 0) is 4.74 Å². The molecule has 1 amide bonds. The third-order valence-corrected chi connectivity index (χ3v) is 3.01. The molecule has 0 radical (unpaired) electrons. The van der Waals surface area contributed by atoms with Gasteiger partial charge in [0.25, 0.3) is 6.43 Å². The first-order chi connectivity index (χ1) is 8.76. The van der Waals surface area contributed by atoms with Gasteiger partial charge in [-0.1, -0.05) is 0 Å². The molecule has 1 saturated carbocycles. The number of hydrogen-bond donors (Lipinski definition) is 2. The Balaban J connectivity index is 0. The Kier molecular flexibility index (Phi) is 5.97. The number of carbonyl (C=O) groups excluding carboxylic acids is 1. The number of halogens is 2. The summed E-state index contributed by atoms with van der Waals surface area (Å²) < 4.78 is 29.3. The van der Waals surface area contributed by atoms with Crippen LogP contribution < -0.4 is 10.6 Å². The number of carbonyl (C=O) groups is 1. The van der Waals surface area contributed by atoms with Crippen molar-refractivity contribution in [1.29, 1.82) is 0 Å². The van der Waals surface area contributed by atoms with Gasteiger partial charge in [-0.3, -0.25) is 0 Å². The summed E-state index contributed by atoms with van der Waals surface area (Å²) in [5.41, 5.74) is -0.500. The largest absolute Gasteiger partial charge is 0.444 e. The number of hydrogen-bond acceptors (Lipinski definition) is 3. The van der Waals surface area contributed by atoms with Crippen molar-refractivity contribution in [3.05, 3.63) is 0 Å². The van der Waals surface area contributed by atoms with Gasteiger partial charge in [0, 0.05) is 14.9 Å². The van der Waals surface area contributed by atoms with Gasteiger partial charge in [0.15, 0.2) is 0 Å². The van der Waals surface area contributed by atoms with Crippen LogP contribution in [0, 0.1) is 0 Å². The molecule has 0 bridgehead atoms. The molecule has 0 spiro atoms. The first-order valence-corrected chi connectivity index (χ1v) is 6.77. The van der Waals surface area contributed by atoms with Crippen molar-refractivity contribution >= 4 is 6.09 Å². The highest BCUT2D eigenvalue weighted by Crippen LogP contribution is 2.19. The molecule has 0 atom stereocenters. The molecule has 1 aliphatic rings. The molecule has 0 aliphatic heterocycles. The quantitative estimate of drug-likeness (QED) is 0.832. The van der Waals surface area contributed by atoms with E-state index in [1.165, 1.54) is 0 Å². The first kappa shape index (κ1) is 16.1. The Hall–Kier alpha value is -0.910. The van der Waals surface area contributed by atoms with E-state index in [4.69, 9.17) is 4.74 Å². The van der Waals surface area contributed by atoms with Crippen LogP contribution >= 0.6 is 0 Å². The second-order valence-corrected chi connectivity index (χ2v) is 5.99. The zero-order valence-electron chi connectivity index (χ0n) is 11.8. The second-order valence-electron chi connectivity index (χ2n) is 5.99. The predicted octanol–water partition coefficient (Wildman–Crippen LogP) is 3.17.